The Balaban J connectivity index is 2.13. The van der Waals surface area contributed by atoms with Gasteiger partial charge in [-0.2, -0.15) is 18.3 Å². The summed E-state index contributed by atoms with van der Waals surface area (Å²) in [5.41, 5.74) is 2.08. The lowest BCUT2D eigenvalue weighted by molar-refractivity contribution is -0.137. The molecule has 0 amide bonds. The van der Waals surface area contributed by atoms with Crippen molar-refractivity contribution in [1.29, 1.82) is 0 Å². The highest BCUT2D eigenvalue weighted by molar-refractivity contribution is 6.36. The molecule has 0 aliphatic carbocycles. The van der Waals surface area contributed by atoms with Gasteiger partial charge in [-0.3, -0.25) is 5.43 Å². The van der Waals surface area contributed by atoms with Crippen LogP contribution in [0.1, 0.15) is 11.1 Å². The molecule has 0 fully saturated rings. The van der Waals surface area contributed by atoms with Crippen LogP contribution in [0.15, 0.2) is 35.6 Å². The summed E-state index contributed by atoms with van der Waals surface area (Å²) in [6.07, 6.45) is -2.47. The van der Waals surface area contributed by atoms with E-state index in [1.807, 2.05) is 0 Å². The number of aromatic nitrogens is 1. The van der Waals surface area contributed by atoms with Gasteiger partial charge in [-0.15, -0.1) is 0 Å². The first-order valence-corrected chi connectivity index (χ1v) is 6.87. The molecule has 0 aliphatic heterocycles. The number of hydrogen-bond acceptors (Lipinski definition) is 3. The lowest BCUT2D eigenvalue weighted by Gasteiger charge is -2.08. The monoisotopic (exact) mass is 367 g/mol. The van der Waals surface area contributed by atoms with Gasteiger partial charge in [-0.25, -0.2) is 4.98 Å². The first-order valence-electron chi connectivity index (χ1n) is 5.74. The normalized spacial score (nSPS) is 11.9. The number of nitrogens with one attached hydrogen (secondary N) is 1. The van der Waals surface area contributed by atoms with Crippen LogP contribution in [-0.2, 0) is 6.18 Å². The molecule has 0 radical (unpaired) electrons. The van der Waals surface area contributed by atoms with Crippen LogP contribution in [0.4, 0.5) is 19.0 Å². The molecule has 1 N–H and O–H groups in total. The van der Waals surface area contributed by atoms with Crippen molar-refractivity contribution in [3.05, 3.63) is 56.7 Å². The number of hydrogen-bond donors (Lipinski definition) is 1. The second-order valence-electron chi connectivity index (χ2n) is 4.09. The van der Waals surface area contributed by atoms with Gasteiger partial charge in [0.2, 0.25) is 0 Å². The minimum atomic E-state index is -4.50. The zero-order chi connectivity index (χ0) is 16.3. The molecule has 0 saturated heterocycles. The van der Waals surface area contributed by atoms with Gasteiger partial charge in [-0.05, 0) is 18.2 Å². The first kappa shape index (κ1) is 16.9. The molecule has 116 valence electrons. The largest absolute Gasteiger partial charge is 0.417 e. The number of nitrogens with zero attached hydrogens (tertiary/aromatic N) is 2. The van der Waals surface area contributed by atoms with E-state index in [2.05, 4.69) is 15.5 Å². The molecule has 1 aromatic heterocycles. The standard InChI is InChI=1S/C13H7Cl3F3N3/c14-9-2-1-7(10(15)4-9)5-21-22-12-11(16)3-8(6-20-12)13(17,18)19/h1-6H,(H,20,22)/b21-5+. The van der Waals surface area contributed by atoms with Crippen LogP contribution in [0, 0.1) is 0 Å². The van der Waals surface area contributed by atoms with Crippen molar-refractivity contribution in [1.82, 2.24) is 4.98 Å². The first-order chi connectivity index (χ1) is 10.3. The average Bonchev–Trinajstić information content (AvgIpc) is 2.41. The second kappa shape index (κ2) is 6.73. The fourth-order valence-electron chi connectivity index (χ4n) is 1.44. The Morgan fingerprint density at radius 3 is 2.41 bits per heavy atom. The van der Waals surface area contributed by atoms with Crippen LogP contribution < -0.4 is 5.43 Å². The molecule has 2 rings (SSSR count). The Bertz CT molecular complexity index is 717. The average molecular weight is 369 g/mol. The van der Waals surface area contributed by atoms with Crippen LogP contribution in [0.5, 0.6) is 0 Å². The smallest absolute Gasteiger partial charge is 0.260 e. The zero-order valence-corrected chi connectivity index (χ0v) is 12.9. The van der Waals surface area contributed by atoms with Crippen LogP contribution >= 0.6 is 34.8 Å². The number of anilines is 1. The number of rotatable bonds is 3. The molecule has 2 aromatic rings. The summed E-state index contributed by atoms with van der Waals surface area (Å²) in [5, 5.41) is 4.48. The Kier molecular flexibility index (Phi) is 5.16. The van der Waals surface area contributed by atoms with Crippen molar-refractivity contribution >= 4 is 46.8 Å². The minimum absolute atomic E-state index is 0.00370. The summed E-state index contributed by atoms with van der Waals surface area (Å²) in [6, 6.07) is 5.56. The van der Waals surface area contributed by atoms with Crippen LogP contribution in [0.25, 0.3) is 0 Å². The Morgan fingerprint density at radius 2 is 1.82 bits per heavy atom. The molecule has 3 nitrogen and oxygen atoms in total. The molecule has 0 aliphatic rings. The van der Waals surface area contributed by atoms with Crippen LogP contribution in [-0.4, -0.2) is 11.2 Å². The van der Waals surface area contributed by atoms with Gasteiger partial charge in [0, 0.05) is 16.8 Å². The third kappa shape index (κ3) is 4.25. The van der Waals surface area contributed by atoms with Gasteiger partial charge in [0.25, 0.3) is 0 Å². The molecule has 22 heavy (non-hydrogen) atoms. The number of benzene rings is 1. The molecule has 0 spiro atoms. The summed E-state index contributed by atoms with van der Waals surface area (Å²) in [4.78, 5) is 3.58. The number of pyridine rings is 1. The van der Waals surface area contributed by atoms with Crippen molar-refractivity contribution in [3.63, 3.8) is 0 Å². The summed E-state index contributed by atoms with van der Waals surface area (Å²) >= 11 is 17.4. The van der Waals surface area contributed by atoms with E-state index in [0.29, 0.717) is 21.8 Å². The van der Waals surface area contributed by atoms with E-state index in [1.165, 1.54) is 12.3 Å². The summed E-state index contributed by atoms with van der Waals surface area (Å²) in [7, 11) is 0. The highest BCUT2D eigenvalue weighted by atomic mass is 35.5. The molecule has 1 heterocycles. The molecule has 0 saturated carbocycles. The quantitative estimate of drug-likeness (QED) is 0.573. The van der Waals surface area contributed by atoms with E-state index < -0.39 is 11.7 Å². The molecule has 9 heteroatoms. The van der Waals surface area contributed by atoms with Crippen LogP contribution in [0.2, 0.25) is 15.1 Å². The third-order valence-corrected chi connectivity index (χ3v) is 3.36. The van der Waals surface area contributed by atoms with Crippen molar-refractivity contribution in [2.45, 2.75) is 6.18 Å². The van der Waals surface area contributed by atoms with E-state index in [1.54, 1.807) is 12.1 Å². The fourth-order valence-corrected chi connectivity index (χ4v) is 2.11. The number of alkyl halides is 3. The van der Waals surface area contributed by atoms with Crippen molar-refractivity contribution in [3.8, 4) is 0 Å². The topological polar surface area (TPSA) is 37.3 Å². The Morgan fingerprint density at radius 1 is 1.09 bits per heavy atom. The fraction of sp³-hybridized carbons (Fsp3) is 0.0769. The lowest BCUT2D eigenvalue weighted by Crippen LogP contribution is -2.06. The molecule has 0 unspecified atom stereocenters. The number of hydrazone groups is 1. The van der Waals surface area contributed by atoms with Crippen molar-refractivity contribution in [2.24, 2.45) is 5.10 Å². The van der Waals surface area contributed by atoms with Gasteiger partial charge in [-0.1, -0.05) is 40.9 Å². The zero-order valence-electron chi connectivity index (χ0n) is 10.6. The van der Waals surface area contributed by atoms with E-state index in [9.17, 15) is 13.2 Å². The van der Waals surface area contributed by atoms with E-state index >= 15 is 0 Å². The van der Waals surface area contributed by atoms with E-state index in [0.717, 1.165) is 6.07 Å². The summed E-state index contributed by atoms with van der Waals surface area (Å²) in [5.74, 6) is -0.00370. The molecular formula is C13H7Cl3F3N3. The van der Waals surface area contributed by atoms with Crippen molar-refractivity contribution < 1.29 is 13.2 Å². The summed E-state index contributed by atoms with van der Waals surface area (Å²) in [6.45, 7) is 0. The molecule has 1 aromatic carbocycles. The highest BCUT2D eigenvalue weighted by Crippen LogP contribution is 2.32. The lowest BCUT2D eigenvalue weighted by atomic mass is 10.2. The van der Waals surface area contributed by atoms with Crippen molar-refractivity contribution in [2.75, 3.05) is 5.43 Å². The predicted molar refractivity (Wildman–Crippen MR) is 81.9 cm³/mol. The van der Waals surface area contributed by atoms with Gasteiger partial charge >= 0.3 is 6.18 Å². The predicted octanol–water partition coefficient (Wildman–Crippen LogP) is 5.51. The second-order valence-corrected chi connectivity index (χ2v) is 5.34. The Labute approximate surface area is 138 Å². The van der Waals surface area contributed by atoms with Gasteiger partial charge in [0.1, 0.15) is 0 Å². The number of halogens is 6. The van der Waals surface area contributed by atoms with E-state index in [4.69, 9.17) is 34.8 Å². The minimum Gasteiger partial charge on any atom is -0.260 e. The molecule has 0 atom stereocenters. The maximum absolute atomic E-state index is 12.5. The molecular weight excluding hydrogens is 362 g/mol. The molecule has 0 bridgehead atoms. The highest BCUT2D eigenvalue weighted by Gasteiger charge is 2.31. The summed E-state index contributed by atoms with van der Waals surface area (Å²) < 4.78 is 37.4. The van der Waals surface area contributed by atoms with Gasteiger partial charge in [0.15, 0.2) is 5.82 Å². The Hall–Kier alpha value is -1.50. The third-order valence-electron chi connectivity index (χ3n) is 2.51. The van der Waals surface area contributed by atoms with Gasteiger partial charge < -0.3 is 0 Å². The maximum Gasteiger partial charge on any atom is 0.417 e. The van der Waals surface area contributed by atoms with E-state index in [-0.39, 0.29) is 10.8 Å². The van der Waals surface area contributed by atoms with Crippen LogP contribution in [0.3, 0.4) is 0 Å². The van der Waals surface area contributed by atoms with Gasteiger partial charge in [0.05, 0.1) is 21.8 Å². The SMILES string of the molecule is FC(F)(F)c1cnc(N/N=C/c2ccc(Cl)cc2Cl)c(Cl)c1. The maximum atomic E-state index is 12.5.